The molecule has 0 heterocycles. The Hall–Kier alpha value is -1.61. The molecule has 0 saturated heterocycles. The summed E-state index contributed by atoms with van der Waals surface area (Å²) in [5.74, 6) is 4.53. The molecule has 40 heavy (non-hydrogen) atoms. The van der Waals surface area contributed by atoms with Crippen LogP contribution in [-0.4, -0.2) is 22.8 Å². The first kappa shape index (κ1) is 31.3. The highest BCUT2D eigenvalue weighted by atomic mass is 16.5. The third-order valence-corrected chi connectivity index (χ3v) is 11.9. The average Bonchev–Trinajstić information content (AvgIpc) is 3.31. The van der Waals surface area contributed by atoms with E-state index in [1.807, 2.05) is 36.4 Å². The van der Waals surface area contributed by atoms with E-state index >= 15 is 0 Å². The molecule has 0 unspecified atom stereocenters. The van der Waals surface area contributed by atoms with Crippen LogP contribution < -0.4 is 0 Å². The lowest BCUT2D eigenvalue weighted by molar-refractivity contribution is -0.0641. The minimum absolute atomic E-state index is 0.0218. The van der Waals surface area contributed by atoms with Gasteiger partial charge in [-0.25, -0.2) is 4.79 Å². The number of fused-ring (bicyclic) bond motifs is 3. The zero-order chi connectivity index (χ0) is 28.9. The summed E-state index contributed by atoms with van der Waals surface area (Å²) >= 11 is 0. The summed E-state index contributed by atoms with van der Waals surface area (Å²) in [5.41, 5.74) is 0.485. The SMILES string of the molecule is C=CCC[C@@](O)(CC)C[C@H]1CC[C@@H]2[C@H](CC[C@]3(C)[C@@H]([C@H](C)[C@H](CCC(C)C)OC(=O)c4ccccc4)CC[C@@H]23)C1. The lowest BCUT2D eigenvalue weighted by Gasteiger charge is -2.53. The molecule has 1 aromatic rings. The van der Waals surface area contributed by atoms with E-state index in [0.29, 0.717) is 34.7 Å². The molecule has 3 nitrogen and oxygen atoms in total. The second-order valence-electron chi connectivity index (χ2n) is 14.7. The van der Waals surface area contributed by atoms with Crippen LogP contribution in [-0.2, 0) is 4.74 Å². The summed E-state index contributed by atoms with van der Waals surface area (Å²) in [5, 5.41) is 11.3. The van der Waals surface area contributed by atoms with E-state index in [2.05, 4.69) is 41.2 Å². The maximum Gasteiger partial charge on any atom is 0.338 e. The van der Waals surface area contributed by atoms with Crippen molar-refractivity contribution in [2.45, 2.75) is 130 Å². The normalized spacial score (nSPS) is 32.9. The number of benzene rings is 1. The molecule has 224 valence electrons. The molecule has 0 spiro atoms. The van der Waals surface area contributed by atoms with Gasteiger partial charge in [0.1, 0.15) is 6.10 Å². The molecule has 3 fully saturated rings. The van der Waals surface area contributed by atoms with Crippen LogP contribution in [0.3, 0.4) is 0 Å². The van der Waals surface area contributed by atoms with Gasteiger partial charge in [0, 0.05) is 0 Å². The fraction of sp³-hybridized carbons (Fsp3) is 0.757. The highest BCUT2D eigenvalue weighted by Gasteiger charge is 2.56. The van der Waals surface area contributed by atoms with E-state index in [4.69, 9.17) is 4.74 Å². The van der Waals surface area contributed by atoms with Crippen LogP contribution in [0.2, 0.25) is 0 Å². The molecule has 0 aromatic heterocycles. The van der Waals surface area contributed by atoms with Crippen molar-refractivity contribution in [3.8, 4) is 0 Å². The Bertz CT molecular complexity index is 955. The van der Waals surface area contributed by atoms with Crippen molar-refractivity contribution in [1.29, 1.82) is 0 Å². The Balaban J connectivity index is 1.43. The average molecular weight is 551 g/mol. The first-order valence-corrected chi connectivity index (χ1v) is 16.7. The van der Waals surface area contributed by atoms with E-state index in [1.54, 1.807) is 0 Å². The van der Waals surface area contributed by atoms with Gasteiger partial charge in [-0.05, 0) is 136 Å². The number of ether oxygens (including phenoxy) is 1. The number of aliphatic hydroxyl groups is 1. The minimum Gasteiger partial charge on any atom is -0.458 e. The molecule has 3 saturated carbocycles. The summed E-state index contributed by atoms with van der Waals surface area (Å²) in [6.45, 7) is 15.5. The molecule has 0 bridgehead atoms. The second-order valence-corrected chi connectivity index (χ2v) is 14.7. The van der Waals surface area contributed by atoms with Crippen LogP contribution in [0, 0.1) is 46.8 Å². The molecule has 1 N–H and O–H groups in total. The predicted molar refractivity (Wildman–Crippen MR) is 166 cm³/mol. The van der Waals surface area contributed by atoms with Crippen molar-refractivity contribution in [3.63, 3.8) is 0 Å². The van der Waals surface area contributed by atoms with Crippen LogP contribution in [0.15, 0.2) is 43.0 Å². The Morgan fingerprint density at radius 3 is 2.55 bits per heavy atom. The van der Waals surface area contributed by atoms with Crippen molar-refractivity contribution in [2.24, 2.45) is 46.8 Å². The van der Waals surface area contributed by atoms with Gasteiger partial charge < -0.3 is 9.84 Å². The molecule has 1 aromatic carbocycles. The van der Waals surface area contributed by atoms with Crippen LogP contribution in [0.5, 0.6) is 0 Å². The molecule has 0 aliphatic heterocycles. The van der Waals surface area contributed by atoms with Crippen molar-refractivity contribution in [2.75, 3.05) is 0 Å². The van der Waals surface area contributed by atoms with Gasteiger partial charge in [0.25, 0.3) is 0 Å². The Morgan fingerprint density at radius 1 is 1.12 bits per heavy atom. The zero-order valence-corrected chi connectivity index (χ0v) is 26.2. The number of hydrogen-bond donors (Lipinski definition) is 1. The standard InChI is InChI=1S/C37H58O3/c1-7-9-22-37(39,8-2)25-28-16-17-31-30(24-28)21-23-36(6)32(18-19-33(31)36)27(5)34(20-15-26(3)4)40-35(38)29-13-11-10-12-14-29/h7,10-14,26-28,30-34,39H,1,8-9,15-25H2,2-6H3/t27-,28-,30+,31+,32+,33-,34-,36+,37-/m0/s1. The number of carbonyl (C=O) groups is 1. The lowest BCUT2D eigenvalue weighted by atomic mass is 9.52. The van der Waals surface area contributed by atoms with Crippen molar-refractivity contribution >= 4 is 5.97 Å². The quantitative estimate of drug-likeness (QED) is 0.196. The monoisotopic (exact) mass is 550 g/mol. The van der Waals surface area contributed by atoms with E-state index in [1.165, 1.54) is 44.9 Å². The summed E-state index contributed by atoms with van der Waals surface area (Å²) in [6, 6.07) is 9.54. The summed E-state index contributed by atoms with van der Waals surface area (Å²) < 4.78 is 6.32. The second kappa shape index (κ2) is 13.6. The summed E-state index contributed by atoms with van der Waals surface area (Å²) in [6.07, 6.45) is 16.7. The minimum atomic E-state index is -0.523. The van der Waals surface area contributed by atoms with E-state index in [9.17, 15) is 9.90 Å². The Morgan fingerprint density at radius 2 is 1.88 bits per heavy atom. The lowest BCUT2D eigenvalue weighted by Crippen LogP contribution is -2.47. The maximum absolute atomic E-state index is 13.1. The van der Waals surface area contributed by atoms with Crippen LogP contribution in [0.1, 0.15) is 128 Å². The van der Waals surface area contributed by atoms with Gasteiger partial charge in [-0.1, -0.05) is 65.3 Å². The smallest absolute Gasteiger partial charge is 0.338 e. The topological polar surface area (TPSA) is 46.5 Å². The largest absolute Gasteiger partial charge is 0.458 e. The molecular formula is C37H58O3. The van der Waals surface area contributed by atoms with Crippen molar-refractivity contribution in [1.82, 2.24) is 0 Å². The molecule has 3 aliphatic carbocycles. The molecule has 4 rings (SSSR count). The molecule has 0 amide bonds. The highest BCUT2D eigenvalue weighted by Crippen LogP contribution is 2.64. The van der Waals surface area contributed by atoms with E-state index in [-0.39, 0.29) is 12.1 Å². The Labute approximate surface area is 245 Å². The van der Waals surface area contributed by atoms with Gasteiger partial charge in [0.05, 0.1) is 11.2 Å². The fourth-order valence-electron chi connectivity index (χ4n) is 9.46. The number of hydrogen-bond acceptors (Lipinski definition) is 3. The summed E-state index contributed by atoms with van der Waals surface area (Å²) in [4.78, 5) is 13.1. The van der Waals surface area contributed by atoms with Crippen molar-refractivity contribution < 1.29 is 14.6 Å². The molecule has 3 aliphatic rings. The van der Waals surface area contributed by atoms with Crippen LogP contribution >= 0.6 is 0 Å². The zero-order valence-electron chi connectivity index (χ0n) is 26.2. The maximum atomic E-state index is 13.1. The van der Waals surface area contributed by atoms with Gasteiger partial charge in [-0.15, -0.1) is 6.58 Å². The highest BCUT2D eigenvalue weighted by molar-refractivity contribution is 5.89. The van der Waals surface area contributed by atoms with Gasteiger partial charge >= 0.3 is 5.97 Å². The van der Waals surface area contributed by atoms with Gasteiger partial charge in [0.15, 0.2) is 0 Å². The molecule has 9 atom stereocenters. The summed E-state index contributed by atoms with van der Waals surface area (Å²) in [7, 11) is 0. The van der Waals surface area contributed by atoms with Crippen molar-refractivity contribution in [3.05, 3.63) is 48.6 Å². The number of esters is 1. The molecular weight excluding hydrogens is 492 g/mol. The van der Waals surface area contributed by atoms with Crippen LogP contribution in [0.4, 0.5) is 0 Å². The van der Waals surface area contributed by atoms with E-state index in [0.717, 1.165) is 56.3 Å². The number of allylic oxidation sites excluding steroid dienone is 1. The third kappa shape index (κ3) is 7.05. The number of carbonyl (C=O) groups excluding carboxylic acids is 1. The van der Waals surface area contributed by atoms with Gasteiger partial charge in [-0.3, -0.25) is 0 Å². The van der Waals surface area contributed by atoms with Gasteiger partial charge in [0.2, 0.25) is 0 Å². The first-order chi connectivity index (χ1) is 19.1. The number of rotatable bonds is 13. The Kier molecular flexibility index (Phi) is 10.6. The molecule has 3 heteroatoms. The fourth-order valence-corrected chi connectivity index (χ4v) is 9.46. The predicted octanol–water partition coefficient (Wildman–Crippen LogP) is 9.64. The van der Waals surface area contributed by atoms with Gasteiger partial charge in [-0.2, -0.15) is 0 Å². The van der Waals surface area contributed by atoms with E-state index < -0.39 is 5.60 Å². The van der Waals surface area contributed by atoms with Crippen LogP contribution in [0.25, 0.3) is 0 Å². The molecule has 0 radical (unpaired) electrons. The third-order valence-electron chi connectivity index (χ3n) is 11.9. The first-order valence-electron chi connectivity index (χ1n) is 16.7.